The van der Waals surface area contributed by atoms with Crippen LogP contribution in [-0.4, -0.2) is 28.6 Å². The number of carbonyl (C=O) groups is 1. The first-order valence-corrected chi connectivity index (χ1v) is 12.8. The summed E-state index contributed by atoms with van der Waals surface area (Å²) in [5, 5.41) is 3.57. The van der Waals surface area contributed by atoms with Gasteiger partial charge < -0.3 is 24.3 Å². The largest absolute Gasteiger partial charge is 0.456 e. The lowest BCUT2D eigenvalue weighted by molar-refractivity contribution is -0.121. The Labute approximate surface area is 224 Å². The molecule has 2 aromatic heterocycles. The van der Waals surface area contributed by atoms with Crippen molar-refractivity contribution >= 4 is 16.8 Å². The molecule has 4 aromatic rings. The molecule has 0 fully saturated rings. The number of nitrogens with one attached hydrogen (secondary N) is 2. The van der Waals surface area contributed by atoms with Gasteiger partial charge in [-0.3, -0.25) is 9.59 Å². The first-order chi connectivity index (χ1) is 18.1. The van der Waals surface area contributed by atoms with E-state index in [0.717, 1.165) is 22.1 Å². The lowest BCUT2D eigenvalue weighted by atomic mass is 9.92. The number of fused-ring (bicyclic) bond motifs is 1. The maximum atomic E-state index is 13.7. The molecule has 8 heteroatoms. The third-order valence-electron chi connectivity index (χ3n) is 6.60. The van der Waals surface area contributed by atoms with E-state index in [0.29, 0.717) is 48.6 Å². The molecule has 0 radical (unpaired) electrons. The van der Waals surface area contributed by atoms with E-state index in [1.165, 1.54) is 16.7 Å². The Morgan fingerprint density at radius 1 is 1.13 bits per heavy atom. The third kappa shape index (κ3) is 5.81. The average molecular weight is 524 g/mol. The van der Waals surface area contributed by atoms with Crippen molar-refractivity contribution in [1.29, 1.82) is 0 Å². The van der Waals surface area contributed by atoms with Crippen LogP contribution in [0, 0.1) is 12.7 Å². The molecule has 0 aliphatic carbocycles. The van der Waals surface area contributed by atoms with E-state index >= 15 is 0 Å². The van der Waals surface area contributed by atoms with Gasteiger partial charge in [-0.2, -0.15) is 0 Å². The monoisotopic (exact) mass is 523 g/mol. The number of hydrogen-bond acceptors (Lipinski definition) is 4. The molecule has 0 aliphatic heterocycles. The molecule has 2 aromatic carbocycles. The molecule has 0 bridgehead atoms. The Kier molecular flexibility index (Phi) is 8.02. The van der Waals surface area contributed by atoms with E-state index in [4.69, 9.17) is 9.47 Å². The molecular formula is C30H38FN3O4. The SMILES string of the molecule is CCNC(=O)CCCOC(C)(C)c1ccc(Oc2ccc(F)cc2C)c(-c2cn(C)c(=O)c3[nH]ccc23)c1.[HH].[HH]. The number of ether oxygens (including phenoxy) is 2. The molecule has 7 nitrogen and oxygen atoms in total. The smallest absolute Gasteiger partial charge is 0.274 e. The minimum atomic E-state index is -0.655. The number of carbonyl (C=O) groups excluding carboxylic acids is 1. The van der Waals surface area contributed by atoms with E-state index in [1.54, 1.807) is 32.4 Å². The highest BCUT2D eigenvalue weighted by atomic mass is 19.1. The van der Waals surface area contributed by atoms with Crippen LogP contribution < -0.4 is 15.6 Å². The molecule has 1 amide bonds. The van der Waals surface area contributed by atoms with E-state index in [2.05, 4.69) is 10.3 Å². The first kappa shape index (κ1) is 27.1. The predicted octanol–water partition coefficient (Wildman–Crippen LogP) is 6.43. The minimum absolute atomic E-state index is 0. The van der Waals surface area contributed by atoms with Gasteiger partial charge in [0.25, 0.3) is 5.56 Å². The predicted molar refractivity (Wildman–Crippen MR) is 151 cm³/mol. The number of benzene rings is 2. The highest BCUT2D eigenvalue weighted by Crippen LogP contribution is 2.40. The van der Waals surface area contributed by atoms with Crippen molar-refractivity contribution in [3.63, 3.8) is 0 Å². The van der Waals surface area contributed by atoms with Gasteiger partial charge in [-0.05, 0) is 81.6 Å². The van der Waals surface area contributed by atoms with Crippen LogP contribution in [0.3, 0.4) is 0 Å². The Bertz CT molecular complexity index is 1530. The molecule has 0 aliphatic rings. The summed E-state index contributed by atoms with van der Waals surface area (Å²) in [5.74, 6) is 0.788. The van der Waals surface area contributed by atoms with Gasteiger partial charge in [0, 0.05) is 58.4 Å². The summed E-state index contributed by atoms with van der Waals surface area (Å²) in [4.78, 5) is 27.5. The molecule has 0 saturated carbocycles. The summed E-state index contributed by atoms with van der Waals surface area (Å²) in [7, 11) is 1.71. The maximum Gasteiger partial charge on any atom is 0.274 e. The third-order valence-corrected chi connectivity index (χ3v) is 6.60. The van der Waals surface area contributed by atoms with Gasteiger partial charge >= 0.3 is 0 Å². The topological polar surface area (TPSA) is 85.3 Å². The van der Waals surface area contributed by atoms with Gasteiger partial charge in [0.05, 0.1) is 5.60 Å². The number of nitrogens with zero attached hydrogens (tertiary/aromatic N) is 1. The van der Waals surface area contributed by atoms with Crippen LogP contribution in [0.5, 0.6) is 11.5 Å². The number of rotatable bonds is 10. The lowest BCUT2D eigenvalue weighted by Crippen LogP contribution is -2.25. The summed E-state index contributed by atoms with van der Waals surface area (Å²) in [6.45, 7) is 8.69. The zero-order valence-corrected chi connectivity index (χ0v) is 22.5. The standard InChI is InChI=1S/C30H34FN3O4.2H2/c1-6-32-27(35)8-7-15-37-30(3,4)20-9-11-26(38-25-12-10-21(31)16-19(25)2)23(17-20)24-18-34(5)29(36)28-22(24)13-14-33-28;;/h9-14,16-18,33H,6-8,15H2,1-5H3,(H,32,35);2*1H. The fraction of sp³-hybridized carbons (Fsp3) is 0.333. The van der Waals surface area contributed by atoms with Crippen molar-refractivity contribution in [1.82, 2.24) is 14.9 Å². The maximum absolute atomic E-state index is 13.7. The van der Waals surface area contributed by atoms with Crippen molar-refractivity contribution in [2.75, 3.05) is 13.2 Å². The second-order valence-corrected chi connectivity index (χ2v) is 9.86. The van der Waals surface area contributed by atoms with Crippen molar-refractivity contribution in [3.05, 3.63) is 82.2 Å². The normalized spacial score (nSPS) is 11.6. The number of hydrogen-bond donors (Lipinski definition) is 2. The van der Waals surface area contributed by atoms with Crippen molar-refractivity contribution < 1.29 is 21.5 Å². The van der Waals surface area contributed by atoms with Gasteiger partial charge in [-0.15, -0.1) is 0 Å². The van der Waals surface area contributed by atoms with Gasteiger partial charge in [-0.25, -0.2) is 4.39 Å². The second-order valence-electron chi connectivity index (χ2n) is 9.86. The highest BCUT2D eigenvalue weighted by molar-refractivity contribution is 5.96. The van der Waals surface area contributed by atoms with Crippen LogP contribution in [0.1, 0.15) is 47.6 Å². The van der Waals surface area contributed by atoms with E-state index in [1.807, 2.05) is 45.0 Å². The average Bonchev–Trinajstić information content (AvgIpc) is 3.37. The van der Waals surface area contributed by atoms with Crippen LogP contribution in [-0.2, 0) is 22.2 Å². The number of halogens is 1. The quantitative estimate of drug-likeness (QED) is 0.235. The van der Waals surface area contributed by atoms with Crippen molar-refractivity contribution in [2.45, 2.75) is 46.1 Å². The van der Waals surface area contributed by atoms with Crippen LogP contribution >= 0.6 is 0 Å². The summed E-state index contributed by atoms with van der Waals surface area (Å²) >= 11 is 0. The van der Waals surface area contributed by atoms with Crippen LogP contribution in [0.25, 0.3) is 22.0 Å². The van der Waals surface area contributed by atoms with E-state index in [9.17, 15) is 14.0 Å². The minimum Gasteiger partial charge on any atom is -0.456 e. The van der Waals surface area contributed by atoms with Crippen LogP contribution in [0.4, 0.5) is 4.39 Å². The zero-order chi connectivity index (χ0) is 27.4. The van der Waals surface area contributed by atoms with Crippen molar-refractivity contribution in [3.8, 4) is 22.6 Å². The summed E-state index contributed by atoms with van der Waals surface area (Å²) < 4.78 is 27.8. The number of aryl methyl sites for hydroxylation is 2. The molecule has 0 spiro atoms. The number of pyridine rings is 1. The number of H-pyrrole nitrogens is 1. The highest BCUT2D eigenvalue weighted by Gasteiger charge is 2.24. The molecule has 4 rings (SSSR count). The van der Waals surface area contributed by atoms with Gasteiger partial charge in [0.1, 0.15) is 22.8 Å². The summed E-state index contributed by atoms with van der Waals surface area (Å²) in [5.41, 5.74) is 2.88. The van der Waals surface area contributed by atoms with Crippen LogP contribution in [0.15, 0.2) is 59.7 Å². The Hall–Kier alpha value is -3.91. The molecule has 38 heavy (non-hydrogen) atoms. The van der Waals surface area contributed by atoms with E-state index in [-0.39, 0.29) is 20.1 Å². The fourth-order valence-corrected chi connectivity index (χ4v) is 4.46. The molecule has 0 atom stereocenters. The van der Waals surface area contributed by atoms with Crippen molar-refractivity contribution in [2.24, 2.45) is 7.05 Å². The molecule has 204 valence electrons. The van der Waals surface area contributed by atoms with Gasteiger partial charge in [-0.1, -0.05) is 6.07 Å². The Morgan fingerprint density at radius 3 is 2.63 bits per heavy atom. The molecule has 0 unspecified atom stereocenters. The number of aromatic nitrogens is 2. The number of amides is 1. The molecule has 2 heterocycles. The van der Waals surface area contributed by atoms with E-state index < -0.39 is 5.60 Å². The van der Waals surface area contributed by atoms with Gasteiger partial charge in [0.15, 0.2) is 0 Å². The summed E-state index contributed by atoms with van der Waals surface area (Å²) in [6.07, 6.45) is 4.55. The fourth-order valence-electron chi connectivity index (χ4n) is 4.46. The molecule has 0 saturated heterocycles. The zero-order valence-electron chi connectivity index (χ0n) is 22.5. The second kappa shape index (κ2) is 11.2. The summed E-state index contributed by atoms with van der Waals surface area (Å²) in [6, 6.07) is 12.1. The molecule has 2 N–H and O–H groups in total. The van der Waals surface area contributed by atoms with Gasteiger partial charge in [0.2, 0.25) is 5.91 Å². The number of aromatic amines is 1. The molecular weight excluding hydrogens is 485 g/mol. The Balaban J connectivity index is 0.00000280. The first-order valence-electron chi connectivity index (χ1n) is 12.8. The van der Waals surface area contributed by atoms with Crippen LogP contribution in [0.2, 0.25) is 0 Å². The lowest BCUT2D eigenvalue weighted by Gasteiger charge is -2.27. The Morgan fingerprint density at radius 2 is 1.89 bits per heavy atom.